The Hall–Kier alpha value is -8.97. The van der Waals surface area contributed by atoms with Crippen molar-refractivity contribution >= 4 is 81.4 Å². The van der Waals surface area contributed by atoms with Gasteiger partial charge in [-0.15, -0.1) is 0 Å². The predicted molar refractivity (Wildman–Crippen MR) is 305 cm³/mol. The number of carbonyl (C=O) groups excluding carboxylic acids is 11. The molecule has 24 nitrogen and oxygen atoms in total. The summed E-state index contributed by atoms with van der Waals surface area (Å²) in [6.07, 6.45) is 1.11. The molecule has 0 saturated heterocycles. The highest BCUT2D eigenvalue weighted by atomic mass is 19.1. The lowest BCUT2D eigenvalue weighted by Gasteiger charge is -2.31. The van der Waals surface area contributed by atoms with Crippen LogP contribution in [0.3, 0.4) is 0 Å². The normalized spacial score (nSPS) is 16.9. The van der Waals surface area contributed by atoms with E-state index in [4.69, 9.17) is 14.5 Å². The highest BCUT2D eigenvalue weighted by Crippen LogP contribution is 2.46. The maximum absolute atomic E-state index is 15.4. The van der Waals surface area contributed by atoms with Gasteiger partial charge in [0.2, 0.25) is 23.6 Å². The fourth-order valence-electron chi connectivity index (χ4n) is 11.4. The number of imide groups is 1. The van der Waals surface area contributed by atoms with Crippen molar-refractivity contribution in [3.8, 4) is 11.4 Å². The summed E-state index contributed by atoms with van der Waals surface area (Å²) in [5.74, 6) is -9.00. The highest BCUT2D eigenvalue weighted by Gasteiger charge is 2.46. The van der Waals surface area contributed by atoms with Crippen LogP contribution in [0.25, 0.3) is 22.3 Å². The van der Waals surface area contributed by atoms with Gasteiger partial charge in [-0.25, -0.2) is 14.2 Å². The molecule has 4 atom stereocenters. The van der Waals surface area contributed by atoms with E-state index in [1.54, 1.807) is 50.2 Å². The van der Waals surface area contributed by atoms with Gasteiger partial charge in [0.1, 0.15) is 18.2 Å². The first-order valence-corrected chi connectivity index (χ1v) is 29.0. The van der Waals surface area contributed by atoms with E-state index in [0.29, 0.717) is 63.8 Å². The van der Waals surface area contributed by atoms with Crippen molar-refractivity contribution < 1.29 is 81.6 Å². The van der Waals surface area contributed by atoms with Crippen LogP contribution in [0, 0.1) is 18.7 Å². The van der Waals surface area contributed by atoms with Crippen LogP contribution >= 0.6 is 0 Å². The Labute approximate surface area is 498 Å². The van der Waals surface area contributed by atoms with E-state index in [2.05, 4.69) is 21.3 Å². The fraction of sp³-hybridized carbons (Fsp3) is 0.452. The van der Waals surface area contributed by atoms with E-state index < -0.39 is 126 Å². The Balaban J connectivity index is 0.780. The van der Waals surface area contributed by atoms with Crippen LogP contribution in [0.2, 0.25) is 0 Å². The van der Waals surface area contributed by atoms with Crippen LogP contribution < -0.4 is 26.8 Å². The third kappa shape index (κ3) is 15.4. The van der Waals surface area contributed by atoms with Gasteiger partial charge in [-0.05, 0) is 73.8 Å². The lowest BCUT2D eigenvalue weighted by atomic mass is 9.81. The number of nitrogens with zero attached hydrogens (tertiary/aromatic N) is 3. The molecular weight excluding hydrogens is 1130 g/mol. The summed E-state index contributed by atoms with van der Waals surface area (Å²) in [4.78, 5) is 172. The summed E-state index contributed by atoms with van der Waals surface area (Å²) in [5, 5.41) is 31.9. The average molecular weight is 1200 g/mol. The number of benzene rings is 2. The molecule has 2 aromatic heterocycles. The Morgan fingerprint density at radius 3 is 2.25 bits per heavy atom. The molecule has 0 radical (unpaired) electrons. The molecule has 0 saturated carbocycles. The van der Waals surface area contributed by atoms with Crippen LogP contribution in [0.1, 0.15) is 135 Å². The SMILES string of the molecule is CC[C@@]1(O)C(=O)OCc2c1cc1n(c2=O)Cc2c-1nc1cc(F)c(C)c3c1c2[C@@H](NC(=O)CCCC(=O)CNC(=O)[C@@H](CC(=O)CNC(=O)CCC(=O)[C@H](CC(=O)O)NC(=O)CCOCCCC(=O)CCN1C(=O)C=CC1=O)Cc1ccccc1)CC3. The van der Waals surface area contributed by atoms with E-state index in [-0.39, 0.29) is 114 Å². The number of halogens is 1. The molecule has 0 unspecified atom stereocenters. The van der Waals surface area contributed by atoms with Crippen LogP contribution in [0.15, 0.2) is 59.4 Å². The first-order valence-electron chi connectivity index (χ1n) is 29.0. The van der Waals surface area contributed by atoms with Gasteiger partial charge in [0, 0.05) is 105 Å². The lowest BCUT2D eigenvalue weighted by Crippen LogP contribution is -2.44. The van der Waals surface area contributed by atoms with E-state index in [1.165, 1.54) is 10.6 Å². The zero-order valence-electron chi connectivity index (χ0n) is 48.2. The minimum Gasteiger partial charge on any atom is -0.481 e. The molecule has 0 fully saturated rings. The number of ether oxygens (including phenoxy) is 2. The van der Waals surface area contributed by atoms with E-state index >= 15 is 4.39 Å². The standard InChI is InChI=1S/C62H68FN7O17/c1-3-62(85)43-27-48-58-41(32-70(48)60(83)42(43)33-87-61(62)84)57-45(15-14-40-34(2)44(63)28-47(68-58)56(40)57)66-51(76)13-7-11-38(72)30-65-59(82)36(25-35-9-5-4-6-10-35)26-39(73)31-64-50(75)17-16-49(74)46(29-55(80)81)67-52(77)21-24-86-23-8-12-37(71)20-22-69-53(78)18-19-54(69)79/h4-6,9-10,18-19,27-28,36,45-46,85H,3,7-8,11-17,20-26,29-33H2,1-2H3,(H,64,75)(H,65,82)(H,66,76)(H,67,77)(H,80,81)/t36-,45+,46+,62+/m1/s1. The minimum atomic E-state index is -2.06. The molecule has 6 N–H and O–H groups in total. The van der Waals surface area contributed by atoms with Crippen LogP contribution in [-0.4, -0.2) is 134 Å². The molecule has 5 heterocycles. The maximum atomic E-state index is 15.4. The van der Waals surface area contributed by atoms with Gasteiger partial charge < -0.3 is 45.5 Å². The van der Waals surface area contributed by atoms with Gasteiger partial charge in [0.25, 0.3) is 17.4 Å². The molecule has 25 heteroatoms. The molecule has 0 bridgehead atoms. The summed E-state index contributed by atoms with van der Waals surface area (Å²) in [6, 6.07) is 9.59. The maximum Gasteiger partial charge on any atom is 0.343 e. The van der Waals surface area contributed by atoms with Crippen molar-refractivity contribution in [1.29, 1.82) is 0 Å². The molecule has 2 aromatic carbocycles. The first kappa shape index (κ1) is 64.0. The molecule has 87 heavy (non-hydrogen) atoms. The first-order chi connectivity index (χ1) is 41.6. The Morgan fingerprint density at radius 1 is 0.805 bits per heavy atom. The number of carboxylic acids is 1. The molecule has 460 valence electrons. The van der Waals surface area contributed by atoms with E-state index in [0.717, 1.165) is 22.6 Å². The number of esters is 1. The van der Waals surface area contributed by atoms with E-state index in [1.807, 2.05) is 0 Å². The van der Waals surface area contributed by atoms with Gasteiger partial charge in [-0.3, -0.25) is 62.4 Å². The number of hydrogen-bond acceptors (Lipinski definition) is 17. The number of aliphatic hydroxyl groups is 1. The third-order valence-corrected chi connectivity index (χ3v) is 16.1. The second kappa shape index (κ2) is 28.5. The van der Waals surface area contributed by atoms with Gasteiger partial charge in [-0.1, -0.05) is 37.3 Å². The second-order valence-electron chi connectivity index (χ2n) is 22.1. The molecule has 6 amide bonds. The fourth-order valence-corrected chi connectivity index (χ4v) is 11.4. The summed E-state index contributed by atoms with van der Waals surface area (Å²) in [6.45, 7) is 2.02. The number of pyridine rings is 2. The summed E-state index contributed by atoms with van der Waals surface area (Å²) < 4.78 is 27.5. The quantitative estimate of drug-likeness (QED) is 0.0205. The van der Waals surface area contributed by atoms with Gasteiger partial charge >= 0.3 is 11.9 Å². The molecule has 4 aliphatic rings. The Bertz CT molecular complexity index is 3540. The smallest absolute Gasteiger partial charge is 0.343 e. The van der Waals surface area contributed by atoms with Crippen LogP contribution in [0.4, 0.5) is 4.39 Å². The number of carboxylic acid groups (broad SMARTS) is 1. The van der Waals surface area contributed by atoms with Crippen molar-refractivity contribution in [2.24, 2.45) is 5.92 Å². The van der Waals surface area contributed by atoms with Crippen molar-refractivity contribution in [3.05, 3.63) is 110 Å². The van der Waals surface area contributed by atoms with Crippen molar-refractivity contribution in [1.82, 2.24) is 35.7 Å². The number of hydrogen-bond donors (Lipinski definition) is 6. The summed E-state index contributed by atoms with van der Waals surface area (Å²) >= 11 is 0. The number of Topliss-reactive ketones (excluding diaryl/α,β-unsaturated/α-hetero) is 4. The van der Waals surface area contributed by atoms with Gasteiger partial charge in [-0.2, -0.15) is 0 Å². The average Bonchev–Trinajstić information content (AvgIpc) is 1.65. The second-order valence-corrected chi connectivity index (χ2v) is 22.1. The molecule has 1 aliphatic carbocycles. The molecular formula is C62H68FN7O17. The number of ketones is 4. The van der Waals surface area contributed by atoms with E-state index in [9.17, 15) is 72.5 Å². The number of fused-ring (bicyclic) bond motifs is 5. The van der Waals surface area contributed by atoms with Crippen molar-refractivity contribution in [3.63, 3.8) is 0 Å². The van der Waals surface area contributed by atoms with Gasteiger partial charge in [0.05, 0.1) is 67.2 Å². The molecule has 3 aliphatic heterocycles. The number of amides is 6. The minimum absolute atomic E-state index is 0.0154. The van der Waals surface area contributed by atoms with Crippen molar-refractivity contribution in [2.75, 3.05) is 32.8 Å². The number of aryl methyl sites for hydroxylation is 1. The van der Waals surface area contributed by atoms with Crippen molar-refractivity contribution in [2.45, 2.75) is 141 Å². The highest BCUT2D eigenvalue weighted by molar-refractivity contribution is 6.13. The molecule has 8 rings (SSSR count). The van der Waals surface area contributed by atoms with Gasteiger partial charge in [0.15, 0.2) is 23.0 Å². The predicted octanol–water partition coefficient (Wildman–Crippen LogP) is 2.80. The number of carbonyl (C=O) groups is 12. The zero-order chi connectivity index (χ0) is 62.7. The zero-order valence-corrected chi connectivity index (χ0v) is 48.2. The summed E-state index contributed by atoms with van der Waals surface area (Å²) in [5.41, 5.74) is 1.88. The lowest BCUT2D eigenvalue weighted by molar-refractivity contribution is -0.172. The monoisotopic (exact) mass is 1200 g/mol. The number of nitrogens with one attached hydrogen (secondary N) is 4. The molecule has 0 spiro atoms. The third-order valence-electron chi connectivity index (χ3n) is 16.1. The summed E-state index contributed by atoms with van der Waals surface area (Å²) in [7, 11) is 0. The Kier molecular flexibility index (Phi) is 21.0. The number of aromatic nitrogens is 2. The van der Waals surface area contributed by atoms with Crippen LogP contribution in [0.5, 0.6) is 0 Å². The van der Waals surface area contributed by atoms with Crippen LogP contribution in [-0.2, 0) is 98.6 Å². The number of cyclic esters (lactones) is 1. The molecule has 4 aromatic rings. The largest absolute Gasteiger partial charge is 0.481 e. The number of rotatable bonds is 32. The topological polar surface area (TPSA) is 350 Å². The number of aliphatic carboxylic acids is 1. The Morgan fingerprint density at radius 2 is 1.53 bits per heavy atom.